The second-order valence-corrected chi connectivity index (χ2v) is 53.1. The van der Waals surface area contributed by atoms with E-state index in [1.165, 1.54) is 116 Å². The molecule has 0 amide bonds. The Morgan fingerprint density at radius 1 is 0.261 bits per heavy atom. The van der Waals surface area contributed by atoms with E-state index in [2.05, 4.69) is 241 Å². The number of nitrogens with zero attached hydrogens (tertiary/aromatic N) is 14. The lowest BCUT2D eigenvalue weighted by molar-refractivity contribution is -0.314. The summed E-state index contributed by atoms with van der Waals surface area (Å²) in [6.45, 7) is 64.5. The number of aromatic nitrogens is 6. The second kappa shape index (κ2) is 43.9. The van der Waals surface area contributed by atoms with Gasteiger partial charge in [-0.2, -0.15) is 60.3 Å². The molecule has 6 saturated heterocycles. The van der Waals surface area contributed by atoms with E-state index in [0.29, 0.717) is 35.6 Å². The standard InChI is InChI=1S/C110H200N18O6/c1-27-51-91(79-67-99(3,4)123(100(5,6)68-79)129-85-53-37-31-38-54-85)113-95-115-93(111-81-71-103(11,12)125(104(13,14)72-81)131-87-57-41-33-42-58-87)117-97(119-95)121(83-75-107(19,20)127(108(21,22)76-83)133-89-61-45-35-46-62-89)65-49-29-30-50-66-122(84-77-109(23,24)128(110(25,26)78-84)134-90-63-47-36-48-64-90)98-118-94(112-82-73-105(15,16)126(106(17,18)74-82)132-88-59-43-34-44-60-88)116-96(120-98)114-92(52-28-2)80-69-101(7,8)124(102(9,10)70-80)130-86-55-39-32-40-56-86/h79-92H,27-78H2,1-26H3,(H2,111,113,115,117,119)(H2,112,114,116,118,120). The first-order chi connectivity index (χ1) is 63.1. The maximum atomic E-state index is 7.34. The van der Waals surface area contributed by atoms with E-state index in [1.807, 2.05) is 0 Å². The van der Waals surface area contributed by atoms with Crippen molar-refractivity contribution < 1.29 is 29.0 Å². The van der Waals surface area contributed by atoms with Crippen LogP contribution in [-0.2, 0) is 29.0 Å². The highest BCUT2D eigenvalue weighted by atomic mass is 16.7. The van der Waals surface area contributed by atoms with Gasteiger partial charge in [-0.3, -0.25) is 29.0 Å². The molecule has 6 aliphatic carbocycles. The Labute approximate surface area is 816 Å². The van der Waals surface area contributed by atoms with E-state index in [0.717, 1.165) is 230 Å². The van der Waals surface area contributed by atoms with Gasteiger partial charge in [0, 0.05) is 116 Å². The molecular formula is C110H200N18O6. The predicted octanol–water partition coefficient (Wildman–Crippen LogP) is 26.1. The van der Waals surface area contributed by atoms with Crippen molar-refractivity contribution in [2.24, 2.45) is 11.8 Å². The van der Waals surface area contributed by atoms with Gasteiger partial charge < -0.3 is 31.1 Å². The van der Waals surface area contributed by atoms with Crippen molar-refractivity contribution in [1.29, 1.82) is 0 Å². The number of anilines is 6. The van der Waals surface area contributed by atoms with Gasteiger partial charge in [0.25, 0.3) is 0 Å². The van der Waals surface area contributed by atoms with Crippen molar-refractivity contribution in [3.63, 3.8) is 0 Å². The van der Waals surface area contributed by atoms with E-state index >= 15 is 0 Å². The van der Waals surface area contributed by atoms with Gasteiger partial charge in [0.05, 0.1) is 36.6 Å². The molecule has 24 heteroatoms. The highest BCUT2D eigenvalue weighted by molar-refractivity contribution is 5.48. The number of rotatable bonds is 37. The normalized spacial score (nSPS) is 27.9. The molecule has 2 aromatic heterocycles. The summed E-state index contributed by atoms with van der Waals surface area (Å²) in [5.74, 6) is 4.87. The molecule has 6 aliphatic heterocycles. The van der Waals surface area contributed by atoms with Crippen LogP contribution in [0.2, 0.25) is 0 Å². The molecule has 24 nitrogen and oxygen atoms in total. The van der Waals surface area contributed by atoms with Crippen LogP contribution in [0.4, 0.5) is 35.7 Å². The quantitative estimate of drug-likeness (QED) is 0.0464. The molecule has 0 radical (unpaired) electrons. The molecule has 766 valence electrons. The molecule has 12 aliphatic rings. The molecule has 8 heterocycles. The van der Waals surface area contributed by atoms with Crippen LogP contribution < -0.4 is 31.1 Å². The summed E-state index contributed by atoms with van der Waals surface area (Å²) in [5, 5.41) is 31.3. The summed E-state index contributed by atoms with van der Waals surface area (Å²) >= 11 is 0. The van der Waals surface area contributed by atoms with Crippen molar-refractivity contribution >= 4 is 35.7 Å². The van der Waals surface area contributed by atoms with Crippen LogP contribution in [0.1, 0.15) is 501 Å². The van der Waals surface area contributed by atoms with Crippen LogP contribution in [-0.4, -0.2) is 213 Å². The predicted molar refractivity (Wildman–Crippen MR) is 550 cm³/mol. The first-order valence-electron chi connectivity index (χ1n) is 56.1. The Balaban J connectivity index is 0.802. The van der Waals surface area contributed by atoms with Crippen LogP contribution in [0.25, 0.3) is 0 Å². The zero-order valence-electron chi connectivity index (χ0n) is 90.6. The Bertz CT molecular complexity index is 3610. The monoisotopic (exact) mass is 1870 g/mol. The topological polar surface area (TPSA) is 207 Å². The SMILES string of the molecule is CCCC(Nc1nc(NC2CC(C)(C)N(OC3CCCCC3)C(C)(C)C2)nc(N(CCCCCCN(c2nc(NC3CC(C)(C)N(OC4CCCCC4)C(C)(C)C3)nc(NC(CCC)C3CC(C)(C)N(OC4CCCCC4)C(C)(C)C3)n2)C2CC(C)(C)N(OC3CCCCC3)C(C)(C)C2)C2CC(C)(C)N(OC3CCCCC3)C(C)(C)C2)n1)C1CC(C)(C)N(OC2CCCCC2)C(C)(C)C1. The third kappa shape index (κ3) is 26.7. The average Bonchev–Trinajstić information content (AvgIpc) is 0.765. The summed E-state index contributed by atoms with van der Waals surface area (Å²) in [6, 6.07) is 0.602. The lowest BCUT2D eigenvalue weighted by Crippen LogP contribution is -2.65. The van der Waals surface area contributed by atoms with Gasteiger partial charge in [-0.25, -0.2) is 0 Å². The molecule has 2 atom stereocenters. The first kappa shape index (κ1) is 106. The molecule has 134 heavy (non-hydrogen) atoms. The third-order valence-corrected chi connectivity index (χ3v) is 34.2. The second-order valence-electron chi connectivity index (χ2n) is 53.1. The van der Waals surface area contributed by atoms with Crippen LogP contribution in [0.5, 0.6) is 0 Å². The van der Waals surface area contributed by atoms with Gasteiger partial charge >= 0.3 is 0 Å². The zero-order chi connectivity index (χ0) is 96.2. The summed E-state index contributed by atoms with van der Waals surface area (Å²) in [4.78, 5) is 83.4. The Morgan fingerprint density at radius 3 is 0.679 bits per heavy atom. The van der Waals surface area contributed by atoms with E-state index in [1.54, 1.807) is 0 Å². The molecular weight excluding hydrogens is 1670 g/mol. The number of nitrogens with one attached hydrogen (secondary N) is 4. The fourth-order valence-electron chi connectivity index (χ4n) is 29.7. The van der Waals surface area contributed by atoms with Gasteiger partial charge in [-0.15, -0.1) is 0 Å². The number of hydrogen-bond acceptors (Lipinski definition) is 24. The van der Waals surface area contributed by atoms with Crippen molar-refractivity contribution in [2.45, 2.75) is 640 Å². The van der Waals surface area contributed by atoms with E-state index in [4.69, 9.17) is 58.9 Å². The van der Waals surface area contributed by atoms with E-state index in [-0.39, 0.29) is 139 Å². The number of hydrogen-bond donors (Lipinski definition) is 4. The van der Waals surface area contributed by atoms with Crippen molar-refractivity contribution in [1.82, 2.24) is 60.3 Å². The maximum Gasteiger partial charge on any atom is 0.232 e. The maximum absolute atomic E-state index is 7.34. The fourth-order valence-corrected chi connectivity index (χ4v) is 29.7. The minimum absolute atomic E-state index is 0.0804. The van der Waals surface area contributed by atoms with E-state index in [9.17, 15) is 0 Å². The lowest BCUT2D eigenvalue weighted by Gasteiger charge is -2.56. The van der Waals surface area contributed by atoms with Gasteiger partial charge in [-0.1, -0.05) is 155 Å². The zero-order valence-corrected chi connectivity index (χ0v) is 90.6. The molecule has 14 rings (SSSR count). The summed E-state index contributed by atoms with van der Waals surface area (Å²) in [5.41, 5.74) is -2.97. The van der Waals surface area contributed by atoms with Gasteiger partial charge in [0.15, 0.2) is 0 Å². The molecule has 12 fully saturated rings. The van der Waals surface area contributed by atoms with E-state index < -0.39 is 0 Å². The van der Waals surface area contributed by atoms with Crippen LogP contribution in [0, 0.1) is 11.8 Å². The number of unbranched alkanes of at least 4 members (excludes halogenated alkanes) is 3. The minimum Gasteiger partial charge on any atom is -0.351 e. The first-order valence-corrected chi connectivity index (χ1v) is 56.1. The van der Waals surface area contributed by atoms with Crippen LogP contribution in [0.15, 0.2) is 0 Å². The van der Waals surface area contributed by atoms with Crippen LogP contribution in [0.3, 0.4) is 0 Å². The fraction of sp³-hybridized carbons (Fsp3) is 0.945. The Hall–Kier alpha value is -3.66. The van der Waals surface area contributed by atoms with Crippen molar-refractivity contribution in [3.05, 3.63) is 0 Å². The number of hydroxylamine groups is 12. The lowest BCUT2D eigenvalue weighted by atomic mass is 9.71. The van der Waals surface area contributed by atoms with Crippen molar-refractivity contribution in [2.75, 3.05) is 44.2 Å². The molecule has 4 N–H and O–H groups in total. The summed E-state index contributed by atoms with van der Waals surface area (Å²) < 4.78 is 0. The smallest absolute Gasteiger partial charge is 0.232 e. The van der Waals surface area contributed by atoms with Gasteiger partial charge in [0.2, 0.25) is 35.7 Å². The molecule has 6 saturated carbocycles. The highest BCUT2D eigenvalue weighted by Gasteiger charge is 2.57. The van der Waals surface area contributed by atoms with Crippen LogP contribution >= 0.6 is 0 Å². The van der Waals surface area contributed by atoms with Crippen molar-refractivity contribution in [3.8, 4) is 0 Å². The largest absolute Gasteiger partial charge is 0.351 e. The van der Waals surface area contributed by atoms with Gasteiger partial charge in [0.1, 0.15) is 0 Å². The molecule has 2 aromatic rings. The summed E-state index contributed by atoms with van der Waals surface area (Å²) in [6.07, 6.45) is 56.9. The third-order valence-electron chi connectivity index (χ3n) is 34.2. The number of piperidine rings is 6. The molecule has 0 spiro atoms. The Kier molecular flexibility index (Phi) is 34.8. The summed E-state index contributed by atoms with van der Waals surface area (Å²) in [7, 11) is 0. The molecule has 0 aromatic carbocycles. The minimum atomic E-state index is -0.298. The Morgan fingerprint density at radius 2 is 0.463 bits per heavy atom. The molecule has 2 unspecified atom stereocenters. The molecule has 0 bridgehead atoms. The highest BCUT2D eigenvalue weighted by Crippen LogP contribution is 2.52. The average molecular weight is 1870 g/mol. The van der Waals surface area contributed by atoms with Gasteiger partial charge in [-0.05, 0) is 358 Å².